The van der Waals surface area contributed by atoms with Crippen LogP contribution in [0.15, 0.2) is 18.2 Å². The van der Waals surface area contributed by atoms with Crippen molar-refractivity contribution in [2.24, 2.45) is 17.8 Å². The van der Waals surface area contributed by atoms with Gasteiger partial charge in [0.2, 0.25) is 0 Å². The second-order valence-corrected chi connectivity index (χ2v) is 8.66. The number of aryl methyl sites for hydroxylation is 1. The van der Waals surface area contributed by atoms with Gasteiger partial charge in [-0.2, -0.15) is 0 Å². The van der Waals surface area contributed by atoms with Crippen LogP contribution in [-0.4, -0.2) is 17.5 Å². The zero-order valence-electron chi connectivity index (χ0n) is 16.5. The van der Waals surface area contributed by atoms with Crippen molar-refractivity contribution in [3.05, 3.63) is 34.9 Å². The van der Waals surface area contributed by atoms with E-state index in [0.29, 0.717) is 6.42 Å². The van der Waals surface area contributed by atoms with Crippen molar-refractivity contribution >= 4 is 6.29 Å². The molecule has 1 aromatic rings. The molecule has 1 fully saturated rings. The van der Waals surface area contributed by atoms with Crippen LogP contribution in [0, 0.1) is 17.8 Å². The number of aldehydes is 1. The molecule has 0 heterocycles. The summed E-state index contributed by atoms with van der Waals surface area (Å²) in [5.41, 5.74) is 4.49. The minimum atomic E-state index is -0.0913. The van der Waals surface area contributed by atoms with E-state index >= 15 is 0 Å². The van der Waals surface area contributed by atoms with Crippen molar-refractivity contribution in [3.8, 4) is 0 Å². The summed E-state index contributed by atoms with van der Waals surface area (Å²) in [6.45, 7) is 2.22. The first kappa shape index (κ1) is 19.6. The van der Waals surface area contributed by atoms with Gasteiger partial charge in [-0.15, -0.1) is 0 Å². The molecule has 2 aliphatic carbocycles. The molecule has 1 N–H and O–H groups in total. The number of carbonyl (C=O) groups is 1. The average Bonchev–Trinajstić information content (AvgIpc) is 3.05. The Kier molecular flexibility index (Phi) is 7.31. The third kappa shape index (κ3) is 4.76. The maximum Gasteiger partial charge on any atom is 0.120 e. The fourth-order valence-corrected chi connectivity index (χ4v) is 5.47. The number of hydrogen-bond donors (Lipinski definition) is 1. The number of aliphatic hydroxyl groups excluding tert-OH is 1. The fourth-order valence-electron chi connectivity index (χ4n) is 5.47. The van der Waals surface area contributed by atoms with E-state index in [1.54, 1.807) is 5.56 Å². The molecule has 2 aliphatic rings. The Morgan fingerprint density at radius 2 is 2.08 bits per heavy atom. The molecule has 0 radical (unpaired) electrons. The molecule has 144 valence electrons. The quantitative estimate of drug-likeness (QED) is 0.457. The Morgan fingerprint density at radius 3 is 2.88 bits per heavy atom. The van der Waals surface area contributed by atoms with E-state index in [1.807, 2.05) is 0 Å². The highest BCUT2D eigenvalue weighted by Crippen LogP contribution is 2.47. The second kappa shape index (κ2) is 9.69. The molecule has 0 bridgehead atoms. The molecule has 0 aromatic heterocycles. The molecule has 3 rings (SSSR count). The first-order valence-corrected chi connectivity index (χ1v) is 10.9. The molecule has 2 heteroatoms. The van der Waals surface area contributed by atoms with Crippen LogP contribution in [-0.2, 0) is 24.1 Å². The minimum absolute atomic E-state index is 0.0913. The van der Waals surface area contributed by atoms with E-state index in [9.17, 15) is 9.90 Å². The van der Waals surface area contributed by atoms with Gasteiger partial charge in [-0.05, 0) is 85.8 Å². The lowest BCUT2D eigenvalue weighted by Gasteiger charge is -2.33. The molecule has 1 saturated carbocycles. The molecule has 1 aromatic carbocycles. The van der Waals surface area contributed by atoms with Gasteiger partial charge >= 0.3 is 0 Å². The molecule has 4 unspecified atom stereocenters. The van der Waals surface area contributed by atoms with Gasteiger partial charge in [0.1, 0.15) is 6.29 Å². The maximum absolute atomic E-state index is 10.8. The van der Waals surface area contributed by atoms with Crippen LogP contribution >= 0.6 is 0 Å². The Bertz CT molecular complexity index is 580. The van der Waals surface area contributed by atoms with Crippen molar-refractivity contribution in [2.45, 2.75) is 90.1 Å². The number of unbranched alkanes of at least 4 members (excludes halogenated alkanes) is 2. The zero-order valence-corrected chi connectivity index (χ0v) is 16.5. The van der Waals surface area contributed by atoms with Gasteiger partial charge in [-0.25, -0.2) is 0 Å². The van der Waals surface area contributed by atoms with Gasteiger partial charge < -0.3 is 9.90 Å². The van der Waals surface area contributed by atoms with Crippen LogP contribution in [0.25, 0.3) is 0 Å². The summed E-state index contributed by atoms with van der Waals surface area (Å²) in [6, 6.07) is 6.72. The molecule has 0 amide bonds. The number of aliphatic hydroxyl groups is 1. The standard InChI is InChI=1S/C24H36O2/c1-2-3-4-10-22(26)14-13-19-11-12-21-17-23-18(9-6-15-25)7-5-8-20(23)16-24(19)21/h5,7-8,15,19,21-22,24,26H,2-4,6,9-14,16-17H2,1H3. The molecule has 0 saturated heterocycles. The molecule has 26 heavy (non-hydrogen) atoms. The molecule has 2 nitrogen and oxygen atoms in total. The van der Waals surface area contributed by atoms with Crippen molar-refractivity contribution in [1.82, 2.24) is 0 Å². The fraction of sp³-hybridized carbons (Fsp3) is 0.708. The summed E-state index contributed by atoms with van der Waals surface area (Å²) in [6.07, 6.45) is 14.4. The summed E-state index contributed by atoms with van der Waals surface area (Å²) in [4.78, 5) is 10.8. The van der Waals surface area contributed by atoms with Gasteiger partial charge in [0, 0.05) is 6.42 Å². The molecular weight excluding hydrogens is 320 g/mol. The lowest BCUT2D eigenvalue weighted by molar-refractivity contribution is -0.107. The van der Waals surface area contributed by atoms with Crippen molar-refractivity contribution in [1.29, 1.82) is 0 Å². The van der Waals surface area contributed by atoms with Crippen molar-refractivity contribution in [2.75, 3.05) is 0 Å². The number of carbonyl (C=O) groups excluding carboxylic acids is 1. The van der Waals surface area contributed by atoms with Crippen LogP contribution in [0.3, 0.4) is 0 Å². The lowest BCUT2D eigenvalue weighted by Crippen LogP contribution is -2.26. The van der Waals surface area contributed by atoms with Crippen LogP contribution in [0.2, 0.25) is 0 Å². The van der Waals surface area contributed by atoms with Crippen molar-refractivity contribution in [3.63, 3.8) is 0 Å². The average molecular weight is 357 g/mol. The van der Waals surface area contributed by atoms with Crippen LogP contribution in [0.1, 0.15) is 81.4 Å². The maximum atomic E-state index is 10.8. The third-order valence-electron chi connectivity index (χ3n) is 6.95. The molecule has 4 atom stereocenters. The normalized spacial score (nSPS) is 25.5. The van der Waals surface area contributed by atoms with E-state index in [0.717, 1.165) is 43.3 Å². The van der Waals surface area contributed by atoms with Crippen LogP contribution < -0.4 is 0 Å². The van der Waals surface area contributed by atoms with E-state index in [4.69, 9.17) is 0 Å². The second-order valence-electron chi connectivity index (χ2n) is 8.66. The Labute approximate surface area is 159 Å². The van der Waals surface area contributed by atoms with Crippen LogP contribution in [0.4, 0.5) is 0 Å². The van der Waals surface area contributed by atoms with Crippen molar-refractivity contribution < 1.29 is 9.90 Å². The first-order chi connectivity index (χ1) is 12.7. The van der Waals surface area contributed by atoms with Gasteiger partial charge in [-0.1, -0.05) is 44.4 Å². The van der Waals surface area contributed by atoms with Gasteiger partial charge in [-0.3, -0.25) is 0 Å². The lowest BCUT2D eigenvalue weighted by atomic mass is 9.72. The Hall–Kier alpha value is -1.15. The highest BCUT2D eigenvalue weighted by Gasteiger charge is 2.39. The smallest absolute Gasteiger partial charge is 0.120 e. The predicted octanol–water partition coefficient (Wildman–Crippen LogP) is 5.28. The monoisotopic (exact) mass is 356 g/mol. The zero-order chi connectivity index (χ0) is 18.4. The number of hydrogen-bond acceptors (Lipinski definition) is 2. The van der Waals surface area contributed by atoms with E-state index in [-0.39, 0.29) is 6.10 Å². The number of rotatable bonds is 10. The topological polar surface area (TPSA) is 37.3 Å². The third-order valence-corrected chi connectivity index (χ3v) is 6.95. The van der Waals surface area contributed by atoms with E-state index in [2.05, 4.69) is 25.1 Å². The predicted molar refractivity (Wildman–Crippen MR) is 107 cm³/mol. The SMILES string of the molecule is CCCCCC(O)CCC1CCC2Cc3c(CCC=O)cccc3CC12. The number of benzene rings is 1. The summed E-state index contributed by atoms with van der Waals surface area (Å²) < 4.78 is 0. The molecular formula is C24H36O2. The highest BCUT2D eigenvalue weighted by atomic mass is 16.3. The summed E-state index contributed by atoms with van der Waals surface area (Å²) in [5, 5.41) is 10.3. The minimum Gasteiger partial charge on any atom is -0.393 e. The summed E-state index contributed by atoms with van der Waals surface area (Å²) in [5.74, 6) is 2.43. The first-order valence-electron chi connectivity index (χ1n) is 10.9. The highest BCUT2D eigenvalue weighted by molar-refractivity contribution is 5.51. The molecule has 0 spiro atoms. The number of fused-ring (bicyclic) bond motifs is 2. The van der Waals surface area contributed by atoms with E-state index < -0.39 is 0 Å². The Balaban J connectivity index is 1.57. The Morgan fingerprint density at radius 1 is 1.19 bits per heavy atom. The van der Waals surface area contributed by atoms with Crippen LogP contribution in [0.5, 0.6) is 0 Å². The van der Waals surface area contributed by atoms with Gasteiger partial charge in [0.25, 0.3) is 0 Å². The molecule has 0 aliphatic heterocycles. The largest absolute Gasteiger partial charge is 0.393 e. The van der Waals surface area contributed by atoms with Gasteiger partial charge in [0.05, 0.1) is 6.10 Å². The van der Waals surface area contributed by atoms with E-state index in [1.165, 1.54) is 62.5 Å². The van der Waals surface area contributed by atoms with Gasteiger partial charge in [0.15, 0.2) is 0 Å². The summed E-state index contributed by atoms with van der Waals surface area (Å²) in [7, 11) is 0. The summed E-state index contributed by atoms with van der Waals surface area (Å²) >= 11 is 0.